The Bertz CT molecular complexity index is 737. The second-order valence-corrected chi connectivity index (χ2v) is 6.80. The highest BCUT2D eigenvalue weighted by molar-refractivity contribution is 7.16. The van der Waals surface area contributed by atoms with Crippen molar-refractivity contribution in [3.8, 4) is 0 Å². The molecule has 0 aliphatic rings. The van der Waals surface area contributed by atoms with E-state index in [9.17, 15) is 4.79 Å². The first-order valence-electron chi connectivity index (χ1n) is 7.88. The Kier molecular flexibility index (Phi) is 5.72. The number of fused-ring (bicyclic) bond motifs is 1. The summed E-state index contributed by atoms with van der Waals surface area (Å²) in [6, 6.07) is 6.55. The first-order valence-corrected chi connectivity index (χ1v) is 8.70. The minimum Gasteiger partial charge on any atom is -0.313 e. The SMILES string of the molecule is C=CCn1c(=NC(=O)C(C)C)sc2cc(CCCC)ccc21. The van der Waals surface area contributed by atoms with Gasteiger partial charge in [-0.3, -0.25) is 4.79 Å². The van der Waals surface area contributed by atoms with Crippen molar-refractivity contribution in [1.82, 2.24) is 4.57 Å². The summed E-state index contributed by atoms with van der Waals surface area (Å²) in [5, 5.41) is 0. The molecule has 2 aromatic rings. The molecule has 0 fully saturated rings. The number of amides is 1. The van der Waals surface area contributed by atoms with Crippen LogP contribution in [-0.2, 0) is 17.8 Å². The summed E-state index contributed by atoms with van der Waals surface area (Å²) in [5.41, 5.74) is 2.48. The number of carbonyl (C=O) groups is 1. The lowest BCUT2D eigenvalue weighted by Gasteiger charge is -2.03. The van der Waals surface area contributed by atoms with Crippen LogP contribution in [0, 0.1) is 5.92 Å². The molecule has 4 heteroatoms. The third-order valence-corrected chi connectivity index (χ3v) is 4.62. The van der Waals surface area contributed by atoms with E-state index in [2.05, 4.69) is 41.3 Å². The molecule has 1 aromatic heterocycles. The van der Waals surface area contributed by atoms with E-state index in [1.807, 2.05) is 19.9 Å². The van der Waals surface area contributed by atoms with Gasteiger partial charge in [-0.1, -0.05) is 50.7 Å². The van der Waals surface area contributed by atoms with Crippen LogP contribution in [0.2, 0.25) is 0 Å². The number of hydrogen-bond donors (Lipinski definition) is 0. The molecule has 0 aliphatic heterocycles. The highest BCUT2D eigenvalue weighted by Gasteiger charge is 2.09. The van der Waals surface area contributed by atoms with Crippen LogP contribution in [0.1, 0.15) is 39.2 Å². The molecular weight excluding hydrogens is 292 g/mol. The molecule has 118 valence electrons. The lowest BCUT2D eigenvalue weighted by atomic mass is 10.1. The maximum atomic E-state index is 12.0. The lowest BCUT2D eigenvalue weighted by molar-refractivity contribution is -0.120. The van der Waals surface area contributed by atoms with E-state index >= 15 is 0 Å². The van der Waals surface area contributed by atoms with Gasteiger partial charge in [-0.15, -0.1) is 6.58 Å². The molecule has 0 saturated carbocycles. The summed E-state index contributed by atoms with van der Waals surface area (Å²) in [5.74, 6) is -0.155. The smallest absolute Gasteiger partial charge is 0.250 e. The van der Waals surface area contributed by atoms with E-state index in [4.69, 9.17) is 0 Å². The molecule has 1 aromatic carbocycles. The lowest BCUT2D eigenvalue weighted by Crippen LogP contribution is -2.17. The Morgan fingerprint density at radius 2 is 2.23 bits per heavy atom. The molecule has 0 atom stereocenters. The molecule has 0 saturated heterocycles. The fourth-order valence-corrected chi connectivity index (χ4v) is 3.38. The minimum absolute atomic E-state index is 0.0735. The Balaban J connectivity index is 2.53. The standard InChI is InChI=1S/C18H24N2OS/c1-5-7-8-14-9-10-15-16(12-14)22-18(20(15)11-6-2)19-17(21)13(3)4/h6,9-10,12-13H,2,5,7-8,11H2,1,3-4H3. The van der Waals surface area contributed by atoms with Gasteiger partial charge in [-0.2, -0.15) is 4.99 Å². The first kappa shape index (κ1) is 16.7. The van der Waals surface area contributed by atoms with Gasteiger partial charge in [0.25, 0.3) is 5.91 Å². The second-order valence-electron chi connectivity index (χ2n) is 5.79. The van der Waals surface area contributed by atoms with E-state index < -0.39 is 0 Å². The Morgan fingerprint density at radius 3 is 2.86 bits per heavy atom. The Labute approximate surface area is 136 Å². The molecule has 0 bridgehead atoms. The third kappa shape index (κ3) is 3.74. The number of allylic oxidation sites excluding steroid dienone is 1. The van der Waals surface area contributed by atoms with Gasteiger partial charge in [-0.05, 0) is 30.5 Å². The molecule has 3 nitrogen and oxygen atoms in total. The van der Waals surface area contributed by atoms with Crippen LogP contribution in [0.25, 0.3) is 10.2 Å². The van der Waals surface area contributed by atoms with E-state index in [0.717, 1.165) is 16.7 Å². The number of nitrogens with zero attached hydrogens (tertiary/aromatic N) is 2. The van der Waals surface area contributed by atoms with Gasteiger partial charge in [0.1, 0.15) is 0 Å². The number of rotatable bonds is 6. The second kappa shape index (κ2) is 7.54. The van der Waals surface area contributed by atoms with Gasteiger partial charge in [0.2, 0.25) is 0 Å². The Hall–Kier alpha value is -1.68. The predicted molar refractivity (Wildman–Crippen MR) is 94.0 cm³/mol. The van der Waals surface area contributed by atoms with Gasteiger partial charge in [-0.25, -0.2) is 0 Å². The van der Waals surface area contributed by atoms with Crippen molar-refractivity contribution in [2.45, 2.75) is 46.6 Å². The predicted octanol–water partition coefficient (Wildman–Crippen LogP) is 4.31. The number of hydrogen-bond acceptors (Lipinski definition) is 2. The maximum absolute atomic E-state index is 12.0. The highest BCUT2D eigenvalue weighted by Crippen LogP contribution is 2.20. The van der Waals surface area contributed by atoms with Crippen LogP contribution in [0.3, 0.4) is 0 Å². The molecule has 0 aliphatic carbocycles. The van der Waals surface area contributed by atoms with Gasteiger partial charge < -0.3 is 4.57 Å². The van der Waals surface area contributed by atoms with Gasteiger partial charge >= 0.3 is 0 Å². The Morgan fingerprint density at radius 1 is 1.45 bits per heavy atom. The number of benzene rings is 1. The molecule has 0 unspecified atom stereocenters. The number of thiazole rings is 1. The molecule has 1 amide bonds. The summed E-state index contributed by atoms with van der Waals surface area (Å²) in [4.78, 5) is 17.0. The van der Waals surface area contributed by atoms with Crippen molar-refractivity contribution in [3.05, 3.63) is 41.2 Å². The number of aromatic nitrogens is 1. The van der Waals surface area contributed by atoms with Crippen molar-refractivity contribution in [3.63, 3.8) is 0 Å². The zero-order valence-corrected chi connectivity index (χ0v) is 14.4. The molecule has 0 N–H and O–H groups in total. The van der Waals surface area contributed by atoms with Crippen molar-refractivity contribution < 1.29 is 4.79 Å². The van der Waals surface area contributed by atoms with E-state index in [0.29, 0.717) is 6.54 Å². The van der Waals surface area contributed by atoms with Crippen molar-refractivity contribution in [1.29, 1.82) is 0 Å². The summed E-state index contributed by atoms with van der Waals surface area (Å²) < 4.78 is 3.25. The molecule has 0 spiro atoms. The van der Waals surface area contributed by atoms with Crippen LogP contribution < -0.4 is 4.80 Å². The van der Waals surface area contributed by atoms with Crippen LogP contribution in [0.15, 0.2) is 35.8 Å². The highest BCUT2D eigenvalue weighted by atomic mass is 32.1. The third-order valence-electron chi connectivity index (χ3n) is 3.58. The topological polar surface area (TPSA) is 34.4 Å². The van der Waals surface area contributed by atoms with Crippen LogP contribution >= 0.6 is 11.3 Å². The minimum atomic E-state index is -0.0810. The molecule has 2 rings (SSSR count). The average Bonchev–Trinajstić information content (AvgIpc) is 2.82. The van der Waals surface area contributed by atoms with Crippen molar-refractivity contribution in [2.24, 2.45) is 10.9 Å². The molecule has 1 heterocycles. The first-order chi connectivity index (χ1) is 10.6. The maximum Gasteiger partial charge on any atom is 0.250 e. The fraction of sp³-hybridized carbons (Fsp3) is 0.444. The van der Waals surface area contributed by atoms with Crippen LogP contribution in [0.4, 0.5) is 0 Å². The number of aryl methyl sites for hydroxylation is 1. The summed E-state index contributed by atoms with van der Waals surface area (Å²) in [6.07, 6.45) is 5.34. The zero-order valence-electron chi connectivity index (χ0n) is 13.6. The summed E-state index contributed by atoms with van der Waals surface area (Å²) in [6.45, 7) is 10.4. The summed E-state index contributed by atoms with van der Waals surface area (Å²) >= 11 is 1.58. The quantitative estimate of drug-likeness (QED) is 0.731. The molecule has 22 heavy (non-hydrogen) atoms. The normalized spacial score (nSPS) is 12.3. The van der Waals surface area contributed by atoms with E-state index in [-0.39, 0.29) is 11.8 Å². The fourth-order valence-electron chi connectivity index (χ4n) is 2.27. The van der Waals surface area contributed by atoms with E-state index in [1.54, 1.807) is 11.3 Å². The van der Waals surface area contributed by atoms with Gasteiger partial charge in [0, 0.05) is 12.5 Å². The largest absolute Gasteiger partial charge is 0.313 e. The van der Waals surface area contributed by atoms with Crippen LogP contribution in [-0.4, -0.2) is 10.5 Å². The number of carbonyl (C=O) groups excluding carboxylic acids is 1. The van der Waals surface area contributed by atoms with Gasteiger partial charge in [0.15, 0.2) is 4.80 Å². The zero-order chi connectivity index (χ0) is 16.1. The number of unbranched alkanes of at least 4 members (excludes halogenated alkanes) is 1. The van der Waals surface area contributed by atoms with Crippen LogP contribution in [0.5, 0.6) is 0 Å². The monoisotopic (exact) mass is 316 g/mol. The van der Waals surface area contributed by atoms with E-state index in [1.165, 1.54) is 23.1 Å². The van der Waals surface area contributed by atoms with Crippen molar-refractivity contribution >= 4 is 27.5 Å². The molecule has 0 radical (unpaired) electrons. The van der Waals surface area contributed by atoms with Crippen molar-refractivity contribution in [2.75, 3.05) is 0 Å². The average molecular weight is 316 g/mol. The molecular formula is C18H24N2OS. The van der Waals surface area contributed by atoms with Gasteiger partial charge in [0.05, 0.1) is 10.2 Å². The summed E-state index contributed by atoms with van der Waals surface area (Å²) in [7, 11) is 0.